The van der Waals surface area contributed by atoms with Crippen molar-refractivity contribution in [2.45, 2.75) is 34.3 Å². The highest BCUT2D eigenvalue weighted by molar-refractivity contribution is 7.13. The van der Waals surface area contributed by atoms with Crippen molar-refractivity contribution in [1.82, 2.24) is 10.1 Å². The molecule has 6 heteroatoms. The summed E-state index contributed by atoms with van der Waals surface area (Å²) in [7, 11) is 0. The minimum Gasteiger partial charge on any atom is -0.456 e. The molecule has 0 aromatic carbocycles. The molecule has 0 aliphatic carbocycles. The Morgan fingerprint density at radius 3 is 2.50 bits per heavy atom. The van der Waals surface area contributed by atoms with Gasteiger partial charge >= 0.3 is 5.97 Å². The quantitative estimate of drug-likeness (QED) is 0.799. The molecular formula is C12H14N2O3S. The van der Waals surface area contributed by atoms with Crippen LogP contribution in [0.2, 0.25) is 0 Å². The molecule has 0 bridgehead atoms. The van der Waals surface area contributed by atoms with E-state index in [4.69, 9.17) is 9.26 Å². The van der Waals surface area contributed by atoms with Gasteiger partial charge in [-0.05, 0) is 27.7 Å². The lowest BCUT2D eigenvalue weighted by atomic mass is 10.2. The molecule has 0 fully saturated rings. The molecule has 0 spiro atoms. The van der Waals surface area contributed by atoms with E-state index >= 15 is 0 Å². The summed E-state index contributed by atoms with van der Waals surface area (Å²) in [5, 5.41) is 4.67. The Labute approximate surface area is 109 Å². The molecule has 0 radical (unpaired) electrons. The second-order valence-corrected chi connectivity index (χ2v) is 5.23. The van der Waals surface area contributed by atoms with Crippen molar-refractivity contribution < 1.29 is 14.1 Å². The first kappa shape index (κ1) is 12.8. The highest BCUT2D eigenvalue weighted by atomic mass is 32.1. The highest BCUT2D eigenvalue weighted by Gasteiger charge is 2.17. The minimum atomic E-state index is -0.349. The first-order chi connectivity index (χ1) is 8.49. The van der Waals surface area contributed by atoms with Crippen LogP contribution < -0.4 is 0 Å². The van der Waals surface area contributed by atoms with Gasteiger partial charge in [0.05, 0.1) is 22.0 Å². The number of aromatic nitrogens is 2. The molecule has 5 nitrogen and oxygen atoms in total. The van der Waals surface area contributed by atoms with Crippen LogP contribution in [0.4, 0.5) is 0 Å². The number of aryl methyl sites for hydroxylation is 4. The Morgan fingerprint density at radius 1 is 1.28 bits per heavy atom. The molecule has 0 aliphatic heterocycles. The number of carbonyl (C=O) groups excluding carboxylic acids is 1. The second kappa shape index (κ2) is 4.89. The lowest BCUT2D eigenvalue weighted by Crippen LogP contribution is -2.05. The molecular weight excluding hydrogens is 252 g/mol. The molecule has 0 N–H and O–H groups in total. The van der Waals surface area contributed by atoms with E-state index in [9.17, 15) is 4.79 Å². The maximum Gasteiger partial charge on any atom is 0.350 e. The zero-order valence-corrected chi connectivity index (χ0v) is 11.6. The Kier molecular flexibility index (Phi) is 3.47. The molecule has 0 unspecified atom stereocenters. The van der Waals surface area contributed by atoms with Gasteiger partial charge in [0, 0.05) is 0 Å². The fourth-order valence-electron chi connectivity index (χ4n) is 1.63. The van der Waals surface area contributed by atoms with Crippen molar-refractivity contribution >= 4 is 17.3 Å². The highest BCUT2D eigenvalue weighted by Crippen LogP contribution is 2.20. The Balaban J connectivity index is 2.07. The number of ether oxygens (including phenoxy) is 1. The molecule has 0 atom stereocenters. The Morgan fingerprint density at radius 2 is 2.00 bits per heavy atom. The monoisotopic (exact) mass is 266 g/mol. The minimum absolute atomic E-state index is 0.177. The van der Waals surface area contributed by atoms with Crippen LogP contribution in [0.5, 0.6) is 0 Å². The number of rotatable bonds is 3. The topological polar surface area (TPSA) is 65.2 Å². The average Bonchev–Trinajstić information content (AvgIpc) is 2.80. The van der Waals surface area contributed by atoms with Crippen LogP contribution in [0.1, 0.15) is 37.4 Å². The van der Waals surface area contributed by atoms with Crippen molar-refractivity contribution in [2.75, 3.05) is 0 Å². The molecule has 2 aromatic rings. The third-order valence-electron chi connectivity index (χ3n) is 2.62. The molecule has 2 rings (SSSR count). The van der Waals surface area contributed by atoms with Crippen LogP contribution in [0, 0.1) is 27.7 Å². The summed E-state index contributed by atoms with van der Waals surface area (Å²) in [4.78, 5) is 16.6. The smallest absolute Gasteiger partial charge is 0.350 e. The van der Waals surface area contributed by atoms with Gasteiger partial charge in [-0.25, -0.2) is 9.78 Å². The van der Waals surface area contributed by atoms with Gasteiger partial charge < -0.3 is 9.26 Å². The summed E-state index contributed by atoms with van der Waals surface area (Å²) in [6, 6.07) is 0. The van der Waals surface area contributed by atoms with Crippen molar-refractivity contribution in [2.24, 2.45) is 0 Å². The largest absolute Gasteiger partial charge is 0.456 e. The molecule has 0 saturated carbocycles. The van der Waals surface area contributed by atoms with Crippen molar-refractivity contribution in [1.29, 1.82) is 0 Å². The van der Waals surface area contributed by atoms with E-state index in [-0.39, 0.29) is 12.6 Å². The first-order valence-electron chi connectivity index (χ1n) is 5.52. The first-order valence-corrected chi connectivity index (χ1v) is 6.33. The van der Waals surface area contributed by atoms with Crippen molar-refractivity contribution in [3.05, 3.63) is 32.6 Å². The summed E-state index contributed by atoms with van der Waals surface area (Å²) in [5.41, 5.74) is 2.28. The van der Waals surface area contributed by atoms with E-state index in [0.717, 1.165) is 16.3 Å². The maximum atomic E-state index is 11.9. The number of carbonyl (C=O) groups is 1. The lowest BCUT2D eigenvalue weighted by molar-refractivity contribution is 0.0475. The van der Waals surface area contributed by atoms with E-state index in [1.807, 2.05) is 13.8 Å². The summed E-state index contributed by atoms with van der Waals surface area (Å²) < 4.78 is 10.3. The van der Waals surface area contributed by atoms with Crippen LogP contribution in [-0.2, 0) is 11.3 Å². The summed E-state index contributed by atoms with van der Waals surface area (Å²) >= 11 is 1.34. The SMILES string of the molecule is Cc1nc(C)c(C(=O)OCc2c(C)noc2C)s1. The number of esters is 1. The summed E-state index contributed by atoms with van der Waals surface area (Å²) in [6.07, 6.45) is 0. The van der Waals surface area contributed by atoms with Gasteiger partial charge in [0.15, 0.2) is 0 Å². The Hall–Kier alpha value is -1.69. The number of hydrogen-bond acceptors (Lipinski definition) is 6. The van der Waals surface area contributed by atoms with Gasteiger partial charge in [0.1, 0.15) is 17.2 Å². The van der Waals surface area contributed by atoms with Gasteiger partial charge in [-0.1, -0.05) is 5.16 Å². The summed E-state index contributed by atoms with van der Waals surface area (Å²) in [5.74, 6) is 0.329. The van der Waals surface area contributed by atoms with E-state index in [0.29, 0.717) is 16.3 Å². The molecule has 0 saturated heterocycles. The summed E-state index contributed by atoms with van der Waals surface area (Å²) in [6.45, 7) is 7.46. The van der Waals surface area contributed by atoms with E-state index in [1.54, 1.807) is 13.8 Å². The van der Waals surface area contributed by atoms with Crippen LogP contribution in [-0.4, -0.2) is 16.1 Å². The molecule has 2 aromatic heterocycles. The maximum absolute atomic E-state index is 11.9. The fourth-order valence-corrected chi connectivity index (χ4v) is 2.45. The number of nitrogens with zero attached hydrogens (tertiary/aromatic N) is 2. The zero-order valence-electron chi connectivity index (χ0n) is 10.7. The van der Waals surface area contributed by atoms with Crippen LogP contribution in [0.3, 0.4) is 0 Å². The average molecular weight is 266 g/mol. The molecule has 0 aliphatic rings. The van der Waals surface area contributed by atoms with E-state index in [1.165, 1.54) is 11.3 Å². The van der Waals surface area contributed by atoms with Gasteiger partial charge in [-0.15, -0.1) is 11.3 Å². The Bertz CT molecular complexity index is 567. The predicted octanol–water partition coefficient (Wildman–Crippen LogP) is 2.72. The molecule has 96 valence electrons. The van der Waals surface area contributed by atoms with Crippen molar-refractivity contribution in [3.63, 3.8) is 0 Å². The standard InChI is InChI=1S/C12H14N2O3S/c1-6-10(8(3)17-14-6)5-16-12(15)11-7(2)13-9(4)18-11/h5H2,1-4H3. The second-order valence-electron chi connectivity index (χ2n) is 4.03. The van der Waals surface area contributed by atoms with E-state index < -0.39 is 0 Å². The van der Waals surface area contributed by atoms with Gasteiger partial charge in [-0.3, -0.25) is 0 Å². The number of hydrogen-bond donors (Lipinski definition) is 0. The van der Waals surface area contributed by atoms with Crippen LogP contribution >= 0.6 is 11.3 Å². The van der Waals surface area contributed by atoms with Crippen LogP contribution in [0.15, 0.2) is 4.52 Å². The lowest BCUT2D eigenvalue weighted by Gasteiger charge is -2.02. The third-order valence-corrected chi connectivity index (χ3v) is 3.67. The van der Waals surface area contributed by atoms with E-state index in [2.05, 4.69) is 10.1 Å². The van der Waals surface area contributed by atoms with Gasteiger partial charge in [0.2, 0.25) is 0 Å². The van der Waals surface area contributed by atoms with Crippen molar-refractivity contribution in [3.8, 4) is 0 Å². The third kappa shape index (κ3) is 2.43. The molecule has 18 heavy (non-hydrogen) atoms. The fraction of sp³-hybridized carbons (Fsp3) is 0.417. The zero-order chi connectivity index (χ0) is 13.3. The predicted molar refractivity (Wildman–Crippen MR) is 66.7 cm³/mol. The van der Waals surface area contributed by atoms with Gasteiger partial charge in [0.25, 0.3) is 0 Å². The molecule has 0 amide bonds. The van der Waals surface area contributed by atoms with Gasteiger partial charge in [-0.2, -0.15) is 0 Å². The molecule has 2 heterocycles. The normalized spacial score (nSPS) is 10.7. The van der Waals surface area contributed by atoms with Crippen LogP contribution in [0.25, 0.3) is 0 Å². The number of thiazole rings is 1.